The standard InChI is InChI=1S/C26H19ClN2O4/c27-19-4-3-16-10-26(18(14-30)8-17(16)9-19)32-15-25(31)23-13-29-24-11-20(5-6-22(23)24)33-21-2-1-7-28-12-21/h1-13,29-30H,14-15H2. The maximum Gasteiger partial charge on any atom is 0.202 e. The van der Waals surface area contributed by atoms with Crippen LogP contribution in [0.5, 0.6) is 17.2 Å². The topological polar surface area (TPSA) is 84.4 Å². The Morgan fingerprint density at radius 1 is 1.03 bits per heavy atom. The third kappa shape index (κ3) is 4.39. The van der Waals surface area contributed by atoms with Gasteiger partial charge in [0.1, 0.15) is 17.2 Å². The van der Waals surface area contributed by atoms with Crippen molar-refractivity contribution in [2.45, 2.75) is 6.61 Å². The molecule has 0 unspecified atom stereocenters. The molecule has 2 N–H and O–H groups in total. The van der Waals surface area contributed by atoms with Gasteiger partial charge in [0.2, 0.25) is 5.78 Å². The fourth-order valence-electron chi connectivity index (χ4n) is 3.72. The summed E-state index contributed by atoms with van der Waals surface area (Å²) in [5.41, 5.74) is 1.89. The number of hydrogen-bond acceptors (Lipinski definition) is 5. The summed E-state index contributed by atoms with van der Waals surface area (Å²) in [5, 5.41) is 12.9. The summed E-state index contributed by atoms with van der Waals surface area (Å²) in [6.45, 7) is -0.369. The second-order valence-corrected chi connectivity index (χ2v) is 7.96. The van der Waals surface area contributed by atoms with Crippen molar-refractivity contribution in [1.82, 2.24) is 9.97 Å². The quantitative estimate of drug-likeness (QED) is 0.296. The first-order valence-corrected chi connectivity index (χ1v) is 10.7. The number of H-pyrrole nitrogens is 1. The zero-order chi connectivity index (χ0) is 22.8. The van der Waals surface area contributed by atoms with Crippen molar-refractivity contribution in [3.05, 3.63) is 95.4 Å². The second-order valence-electron chi connectivity index (χ2n) is 7.52. The van der Waals surface area contributed by atoms with E-state index < -0.39 is 0 Å². The molecule has 3 aromatic carbocycles. The average molecular weight is 459 g/mol. The molecular formula is C26H19ClN2O4. The highest BCUT2D eigenvalue weighted by Gasteiger charge is 2.15. The van der Waals surface area contributed by atoms with Crippen LogP contribution in [0.3, 0.4) is 0 Å². The van der Waals surface area contributed by atoms with Gasteiger partial charge in [0.05, 0.1) is 12.8 Å². The molecule has 5 aromatic rings. The molecule has 0 aliphatic rings. The van der Waals surface area contributed by atoms with Crippen molar-refractivity contribution in [3.8, 4) is 17.2 Å². The van der Waals surface area contributed by atoms with Gasteiger partial charge in [-0.15, -0.1) is 0 Å². The van der Waals surface area contributed by atoms with Gasteiger partial charge in [-0.05, 0) is 59.3 Å². The Morgan fingerprint density at radius 2 is 1.94 bits per heavy atom. The van der Waals surface area contributed by atoms with E-state index >= 15 is 0 Å². The number of nitrogens with zero attached hydrogens (tertiary/aromatic N) is 1. The Kier molecular flexibility index (Phi) is 5.69. The van der Waals surface area contributed by atoms with Crippen LogP contribution in [-0.4, -0.2) is 27.5 Å². The molecular weight excluding hydrogens is 440 g/mol. The van der Waals surface area contributed by atoms with E-state index in [1.54, 1.807) is 36.8 Å². The zero-order valence-corrected chi connectivity index (χ0v) is 18.2. The normalized spacial score (nSPS) is 11.1. The summed E-state index contributed by atoms with van der Waals surface area (Å²) in [7, 11) is 0. The minimum Gasteiger partial charge on any atom is -0.485 e. The highest BCUT2D eigenvalue weighted by atomic mass is 35.5. The van der Waals surface area contributed by atoms with Crippen LogP contribution in [0.25, 0.3) is 21.7 Å². The Bertz CT molecular complexity index is 1460. The first-order valence-electron chi connectivity index (χ1n) is 10.3. The average Bonchev–Trinajstić information content (AvgIpc) is 3.26. The summed E-state index contributed by atoms with van der Waals surface area (Å²) < 4.78 is 11.6. The summed E-state index contributed by atoms with van der Waals surface area (Å²) in [5.74, 6) is 1.55. The van der Waals surface area contributed by atoms with Crippen LogP contribution in [-0.2, 0) is 6.61 Å². The van der Waals surface area contributed by atoms with Crippen LogP contribution in [0, 0.1) is 0 Å². The van der Waals surface area contributed by atoms with Gasteiger partial charge in [-0.3, -0.25) is 9.78 Å². The molecule has 0 aliphatic heterocycles. The summed E-state index contributed by atoms with van der Waals surface area (Å²) >= 11 is 6.06. The van der Waals surface area contributed by atoms with Crippen molar-refractivity contribution in [1.29, 1.82) is 0 Å². The Morgan fingerprint density at radius 3 is 2.76 bits per heavy atom. The molecule has 0 amide bonds. The van der Waals surface area contributed by atoms with Gasteiger partial charge in [0.15, 0.2) is 6.61 Å². The van der Waals surface area contributed by atoms with Crippen LogP contribution in [0.2, 0.25) is 5.02 Å². The number of fused-ring (bicyclic) bond motifs is 2. The van der Waals surface area contributed by atoms with E-state index in [0.717, 1.165) is 21.7 Å². The number of Topliss-reactive ketones (excluding diaryl/α,β-unsaturated/α-hetero) is 1. The fourth-order valence-corrected chi connectivity index (χ4v) is 3.90. The number of rotatable bonds is 7. The highest BCUT2D eigenvalue weighted by Crippen LogP contribution is 2.30. The molecule has 7 heteroatoms. The molecule has 2 heterocycles. The predicted octanol–water partition coefficient (Wildman–Crippen LogP) is 5.92. The van der Waals surface area contributed by atoms with Gasteiger partial charge in [0.25, 0.3) is 0 Å². The first-order chi connectivity index (χ1) is 16.1. The van der Waals surface area contributed by atoms with Gasteiger partial charge in [-0.1, -0.05) is 17.7 Å². The van der Waals surface area contributed by atoms with E-state index in [1.165, 1.54) is 0 Å². The lowest BCUT2D eigenvalue weighted by atomic mass is 10.1. The van der Waals surface area contributed by atoms with Gasteiger partial charge < -0.3 is 19.6 Å². The number of ether oxygens (including phenoxy) is 2. The van der Waals surface area contributed by atoms with Crippen LogP contribution in [0.15, 0.2) is 79.3 Å². The van der Waals surface area contributed by atoms with Crippen LogP contribution in [0.4, 0.5) is 0 Å². The van der Waals surface area contributed by atoms with E-state index in [1.807, 2.05) is 42.5 Å². The molecule has 0 bridgehead atoms. The molecule has 0 saturated heterocycles. The van der Waals surface area contributed by atoms with E-state index in [2.05, 4.69) is 9.97 Å². The number of aromatic amines is 1. The molecule has 0 fully saturated rings. The number of pyridine rings is 1. The van der Waals surface area contributed by atoms with E-state index in [0.29, 0.717) is 33.4 Å². The number of nitrogens with one attached hydrogen (secondary N) is 1. The van der Waals surface area contributed by atoms with Crippen molar-refractivity contribution in [3.63, 3.8) is 0 Å². The summed E-state index contributed by atoms with van der Waals surface area (Å²) in [6.07, 6.45) is 4.98. The Labute approximate surface area is 194 Å². The lowest BCUT2D eigenvalue weighted by Crippen LogP contribution is -2.12. The molecule has 0 atom stereocenters. The van der Waals surface area contributed by atoms with Gasteiger partial charge in [-0.25, -0.2) is 0 Å². The lowest BCUT2D eigenvalue weighted by Gasteiger charge is -2.11. The number of aliphatic hydroxyl groups excluding tert-OH is 1. The largest absolute Gasteiger partial charge is 0.485 e. The maximum atomic E-state index is 12.9. The molecule has 5 rings (SSSR count). The van der Waals surface area contributed by atoms with Crippen LogP contribution < -0.4 is 9.47 Å². The molecule has 164 valence electrons. The minimum atomic E-state index is -0.210. The van der Waals surface area contributed by atoms with Crippen LogP contribution >= 0.6 is 11.6 Å². The van der Waals surface area contributed by atoms with Crippen molar-refractivity contribution < 1.29 is 19.4 Å². The molecule has 0 radical (unpaired) electrons. The van der Waals surface area contributed by atoms with Crippen molar-refractivity contribution in [2.75, 3.05) is 6.61 Å². The zero-order valence-electron chi connectivity index (χ0n) is 17.4. The number of aliphatic hydroxyl groups is 1. The number of hydrogen-bond donors (Lipinski definition) is 2. The van der Waals surface area contributed by atoms with E-state index in [4.69, 9.17) is 21.1 Å². The first kappa shape index (κ1) is 21.0. The summed E-state index contributed by atoms with van der Waals surface area (Å²) in [4.78, 5) is 20.1. The monoisotopic (exact) mass is 458 g/mol. The molecule has 2 aromatic heterocycles. The van der Waals surface area contributed by atoms with Crippen LogP contribution in [0.1, 0.15) is 15.9 Å². The molecule has 0 spiro atoms. The smallest absolute Gasteiger partial charge is 0.202 e. The molecule has 33 heavy (non-hydrogen) atoms. The number of carbonyl (C=O) groups is 1. The predicted molar refractivity (Wildman–Crippen MR) is 127 cm³/mol. The lowest BCUT2D eigenvalue weighted by molar-refractivity contribution is 0.0921. The second kappa shape index (κ2) is 8.94. The maximum absolute atomic E-state index is 12.9. The Balaban J connectivity index is 1.34. The third-order valence-corrected chi connectivity index (χ3v) is 5.57. The molecule has 6 nitrogen and oxygen atoms in total. The number of aromatic nitrogens is 2. The number of ketones is 1. The van der Waals surface area contributed by atoms with Gasteiger partial charge >= 0.3 is 0 Å². The van der Waals surface area contributed by atoms with Gasteiger partial charge in [0, 0.05) is 45.5 Å². The van der Waals surface area contributed by atoms with E-state index in [-0.39, 0.29) is 19.0 Å². The summed E-state index contributed by atoms with van der Waals surface area (Å²) in [6, 6.07) is 18.2. The minimum absolute atomic E-state index is 0.160. The third-order valence-electron chi connectivity index (χ3n) is 5.33. The Hall–Kier alpha value is -3.87. The fraction of sp³-hybridized carbons (Fsp3) is 0.0769. The van der Waals surface area contributed by atoms with Gasteiger partial charge in [-0.2, -0.15) is 0 Å². The molecule has 0 aliphatic carbocycles. The number of benzene rings is 3. The molecule has 0 saturated carbocycles. The van der Waals surface area contributed by atoms with Crippen molar-refractivity contribution >= 4 is 39.1 Å². The number of halogens is 1. The van der Waals surface area contributed by atoms with E-state index in [9.17, 15) is 9.90 Å². The number of carbonyl (C=O) groups excluding carboxylic acids is 1. The highest BCUT2D eigenvalue weighted by molar-refractivity contribution is 6.31. The van der Waals surface area contributed by atoms with Crippen molar-refractivity contribution in [2.24, 2.45) is 0 Å². The SMILES string of the molecule is O=C(COc1cc2ccc(Cl)cc2cc1CO)c1c[nH]c2cc(Oc3cccnc3)ccc12.